The number of hydrogen-bond donors (Lipinski definition) is 1. The summed E-state index contributed by atoms with van der Waals surface area (Å²) in [6.45, 7) is 5.38. The average Bonchev–Trinajstić information content (AvgIpc) is 2.75. The Balaban J connectivity index is 2.23. The van der Waals surface area contributed by atoms with Crippen LogP contribution in [-0.4, -0.2) is 24.1 Å². The second-order valence-corrected chi connectivity index (χ2v) is 4.39. The van der Waals surface area contributed by atoms with E-state index in [1.165, 1.54) is 0 Å². The van der Waals surface area contributed by atoms with Crippen LogP contribution >= 0.6 is 0 Å². The lowest BCUT2D eigenvalue weighted by atomic mass is 10.1. The molecule has 1 aromatic rings. The predicted molar refractivity (Wildman–Crippen MR) is 64.5 cm³/mol. The number of benzene rings is 1. The number of ether oxygens (including phenoxy) is 1. The summed E-state index contributed by atoms with van der Waals surface area (Å²) < 4.78 is 5.84. The molecule has 1 aliphatic heterocycles. The summed E-state index contributed by atoms with van der Waals surface area (Å²) in [5, 5.41) is 14.0. The van der Waals surface area contributed by atoms with Crippen LogP contribution in [0.5, 0.6) is 5.75 Å². The highest BCUT2D eigenvalue weighted by Gasteiger charge is 2.19. The molecule has 0 aromatic heterocycles. The van der Waals surface area contributed by atoms with Crippen molar-refractivity contribution in [3.63, 3.8) is 0 Å². The molecule has 1 aliphatic rings. The Hall–Kier alpha value is -1.62. The molecule has 0 spiro atoms. The van der Waals surface area contributed by atoms with Gasteiger partial charge in [0, 0.05) is 18.2 Å². The van der Waals surface area contributed by atoms with Crippen molar-refractivity contribution in [2.75, 3.05) is 13.1 Å². The van der Waals surface area contributed by atoms with Gasteiger partial charge < -0.3 is 10.1 Å². The first-order chi connectivity index (χ1) is 8.08. The zero-order chi connectivity index (χ0) is 12.4. The van der Waals surface area contributed by atoms with E-state index in [1.807, 2.05) is 6.92 Å². The fourth-order valence-corrected chi connectivity index (χ4v) is 2.01. The van der Waals surface area contributed by atoms with E-state index in [-0.39, 0.29) is 16.7 Å². The van der Waals surface area contributed by atoms with Crippen molar-refractivity contribution in [3.05, 3.63) is 33.4 Å². The third-order valence-corrected chi connectivity index (χ3v) is 3.00. The van der Waals surface area contributed by atoms with Crippen LogP contribution in [0.4, 0.5) is 5.69 Å². The molecule has 1 aromatic carbocycles. The van der Waals surface area contributed by atoms with Gasteiger partial charge in [-0.15, -0.1) is 0 Å². The molecule has 92 valence electrons. The second kappa shape index (κ2) is 4.71. The number of nitrogens with one attached hydrogen (secondary N) is 1. The van der Waals surface area contributed by atoms with Gasteiger partial charge in [-0.25, -0.2) is 0 Å². The van der Waals surface area contributed by atoms with Gasteiger partial charge in [0.25, 0.3) is 5.69 Å². The highest BCUT2D eigenvalue weighted by atomic mass is 16.6. The largest absolute Gasteiger partial charge is 0.489 e. The van der Waals surface area contributed by atoms with Crippen LogP contribution in [0.25, 0.3) is 0 Å². The van der Waals surface area contributed by atoms with Crippen molar-refractivity contribution >= 4 is 5.69 Å². The van der Waals surface area contributed by atoms with E-state index in [9.17, 15) is 10.1 Å². The summed E-state index contributed by atoms with van der Waals surface area (Å²) in [5.41, 5.74) is 1.61. The first-order valence-electron chi connectivity index (χ1n) is 5.71. The second-order valence-electron chi connectivity index (χ2n) is 4.39. The Morgan fingerprint density at radius 2 is 2.18 bits per heavy atom. The molecule has 5 heteroatoms. The molecule has 0 unspecified atom stereocenters. The number of hydrogen-bond acceptors (Lipinski definition) is 4. The highest BCUT2D eigenvalue weighted by Crippen LogP contribution is 2.28. The van der Waals surface area contributed by atoms with Gasteiger partial charge in [-0.1, -0.05) is 0 Å². The third kappa shape index (κ3) is 2.55. The number of rotatable bonds is 3. The van der Waals surface area contributed by atoms with Crippen LogP contribution in [0, 0.1) is 24.0 Å². The molecule has 5 nitrogen and oxygen atoms in total. The standard InChI is InChI=1S/C12H16N2O3/c1-8-6-12(17-10-3-4-13-7-10)9(2)5-11(8)14(15)16/h5-6,10,13H,3-4,7H2,1-2H3/t10-/m0/s1. The minimum Gasteiger partial charge on any atom is -0.489 e. The Morgan fingerprint density at radius 3 is 2.76 bits per heavy atom. The molecular formula is C12H16N2O3. The lowest BCUT2D eigenvalue weighted by molar-refractivity contribution is -0.385. The minimum atomic E-state index is -0.358. The van der Waals surface area contributed by atoms with Gasteiger partial charge in [0.05, 0.1) is 4.92 Å². The maximum Gasteiger partial charge on any atom is 0.272 e. The monoisotopic (exact) mass is 236 g/mol. The Bertz CT molecular complexity index is 440. The van der Waals surface area contributed by atoms with Crippen molar-refractivity contribution in [2.45, 2.75) is 26.4 Å². The van der Waals surface area contributed by atoms with Crippen molar-refractivity contribution in [2.24, 2.45) is 0 Å². The number of nitro benzene ring substituents is 1. The third-order valence-electron chi connectivity index (χ3n) is 3.00. The fourth-order valence-electron chi connectivity index (χ4n) is 2.01. The summed E-state index contributed by atoms with van der Waals surface area (Å²) in [6.07, 6.45) is 1.16. The molecule has 0 radical (unpaired) electrons. The maximum absolute atomic E-state index is 10.8. The van der Waals surface area contributed by atoms with Gasteiger partial charge in [0.2, 0.25) is 0 Å². The zero-order valence-electron chi connectivity index (χ0n) is 10.0. The smallest absolute Gasteiger partial charge is 0.272 e. The molecule has 1 atom stereocenters. The van der Waals surface area contributed by atoms with Crippen molar-refractivity contribution < 1.29 is 9.66 Å². The van der Waals surface area contributed by atoms with Gasteiger partial charge in [-0.3, -0.25) is 10.1 Å². The molecule has 17 heavy (non-hydrogen) atoms. The van der Waals surface area contributed by atoms with Crippen LogP contribution in [-0.2, 0) is 0 Å². The van der Waals surface area contributed by atoms with Crippen molar-refractivity contribution in [3.8, 4) is 5.75 Å². The molecule has 1 heterocycles. The van der Waals surface area contributed by atoms with E-state index in [0.29, 0.717) is 5.56 Å². The lowest BCUT2D eigenvalue weighted by Crippen LogP contribution is -2.20. The van der Waals surface area contributed by atoms with E-state index in [1.54, 1.807) is 19.1 Å². The molecule has 1 N–H and O–H groups in total. The SMILES string of the molecule is Cc1cc([N+](=O)[O-])c(C)cc1O[C@H]1CCNC1. The number of aryl methyl sites for hydroxylation is 2. The molecule has 0 aliphatic carbocycles. The summed E-state index contributed by atoms with van der Waals surface area (Å²) in [6, 6.07) is 3.33. The summed E-state index contributed by atoms with van der Waals surface area (Å²) in [5.74, 6) is 0.752. The zero-order valence-corrected chi connectivity index (χ0v) is 10.0. The van der Waals surface area contributed by atoms with E-state index in [0.717, 1.165) is 30.8 Å². The minimum absolute atomic E-state index is 0.152. The van der Waals surface area contributed by atoms with Crippen LogP contribution < -0.4 is 10.1 Å². The first kappa shape index (κ1) is 11.9. The topological polar surface area (TPSA) is 64.4 Å². The molecule has 1 saturated heterocycles. The average molecular weight is 236 g/mol. The first-order valence-corrected chi connectivity index (χ1v) is 5.71. The van der Waals surface area contributed by atoms with E-state index in [2.05, 4.69) is 5.32 Å². The Labute approximate surface area is 99.9 Å². The predicted octanol–water partition coefficient (Wildman–Crippen LogP) is 1.95. The van der Waals surface area contributed by atoms with Crippen LogP contribution in [0.3, 0.4) is 0 Å². The normalized spacial score (nSPS) is 19.3. The maximum atomic E-state index is 10.8. The van der Waals surface area contributed by atoms with Gasteiger partial charge in [0.1, 0.15) is 11.9 Å². The molecule has 2 rings (SSSR count). The molecule has 0 amide bonds. The van der Waals surface area contributed by atoms with Crippen LogP contribution in [0.15, 0.2) is 12.1 Å². The Morgan fingerprint density at radius 1 is 1.41 bits per heavy atom. The summed E-state index contributed by atoms with van der Waals surface area (Å²) in [7, 11) is 0. The van der Waals surface area contributed by atoms with Crippen molar-refractivity contribution in [1.82, 2.24) is 5.32 Å². The summed E-state index contributed by atoms with van der Waals surface area (Å²) >= 11 is 0. The lowest BCUT2D eigenvalue weighted by Gasteiger charge is -2.15. The quantitative estimate of drug-likeness (QED) is 0.643. The van der Waals surface area contributed by atoms with E-state index >= 15 is 0 Å². The van der Waals surface area contributed by atoms with E-state index < -0.39 is 0 Å². The molecule has 0 bridgehead atoms. The van der Waals surface area contributed by atoms with Crippen LogP contribution in [0.1, 0.15) is 17.5 Å². The Kier molecular flexibility index (Phi) is 3.28. The molecule has 1 fully saturated rings. The molecule has 0 saturated carbocycles. The van der Waals surface area contributed by atoms with E-state index in [4.69, 9.17) is 4.74 Å². The van der Waals surface area contributed by atoms with Gasteiger partial charge in [0.15, 0.2) is 0 Å². The number of nitro groups is 1. The van der Waals surface area contributed by atoms with Crippen LogP contribution in [0.2, 0.25) is 0 Å². The summed E-state index contributed by atoms with van der Waals surface area (Å²) in [4.78, 5) is 10.4. The van der Waals surface area contributed by atoms with Gasteiger partial charge >= 0.3 is 0 Å². The van der Waals surface area contributed by atoms with Gasteiger partial charge in [-0.2, -0.15) is 0 Å². The van der Waals surface area contributed by atoms with Crippen molar-refractivity contribution in [1.29, 1.82) is 0 Å². The molecular weight excluding hydrogens is 220 g/mol. The number of nitrogens with zero attached hydrogens (tertiary/aromatic N) is 1. The highest BCUT2D eigenvalue weighted by molar-refractivity contribution is 5.49. The fraction of sp³-hybridized carbons (Fsp3) is 0.500. The van der Waals surface area contributed by atoms with Gasteiger partial charge in [-0.05, 0) is 38.4 Å².